The Kier molecular flexibility index (Phi) is 5.93. The summed E-state index contributed by atoms with van der Waals surface area (Å²) in [5.41, 5.74) is 3.44. The quantitative estimate of drug-likeness (QED) is 0.532. The third-order valence-electron chi connectivity index (χ3n) is 4.68. The molecular weight excluding hydrogens is 385 g/mol. The SMILES string of the molecule is Cc1[nH]n2c(=O)cc(-c3ccc(N(C)C)cc3)nc2c1-c1ccc(F)cc1F.[Na]. The molecule has 0 aliphatic carbocycles. The number of anilines is 1. The number of hydrogen-bond acceptors (Lipinski definition) is 3. The summed E-state index contributed by atoms with van der Waals surface area (Å²) in [7, 11) is 3.88. The second kappa shape index (κ2) is 8.10. The van der Waals surface area contributed by atoms with Gasteiger partial charge in [0.2, 0.25) is 0 Å². The number of benzene rings is 2. The second-order valence-corrected chi connectivity index (χ2v) is 6.82. The summed E-state index contributed by atoms with van der Waals surface area (Å²) in [6.07, 6.45) is 0. The zero-order chi connectivity index (χ0) is 20.0. The monoisotopic (exact) mass is 403 g/mol. The molecule has 2 aromatic heterocycles. The van der Waals surface area contributed by atoms with Crippen LogP contribution < -0.4 is 10.5 Å². The molecule has 4 rings (SSSR count). The van der Waals surface area contributed by atoms with Gasteiger partial charge < -0.3 is 4.90 Å². The van der Waals surface area contributed by atoms with Crippen molar-refractivity contribution in [2.75, 3.05) is 19.0 Å². The van der Waals surface area contributed by atoms with Gasteiger partial charge in [-0.25, -0.2) is 18.3 Å². The first-order valence-corrected chi connectivity index (χ1v) is 8.70. The first kappa shape index (κ1) is 21.2. The summed E-state index contributed by atoms with van der Waals surface area (Å²) in [4.78, 5) is 19.2. The van der Waals surface area contributed by atoms with Gasteiger partial charge in [-0.1, -0.05) is 12.1 Å². The van der Waals surface area contributed by atoms with E-state index in [1.54, 1.807) is 6.92 Å². The standard InChI is InChI=1S/C21H18F2N4O.Na/c1-12-20(16-9-6-14(22)10-17(16)23)21-24-18(11-19(28)27(21)25-12)13-4-7-15(8-5-13)26(2)3;/h4-11,25H,1-3H3;. The largest absolute Gasteiger partial charge is 0.378 e. The fourth-order valence-electron chi connectivity index (χ4n) is 3.24. The molecule has 1 radical (unpaired) electrons. The van der Waals surface area contributed by atoms with Crippen molar-refractivity contribution in [3.63, 3.8) is 0 Å². The molecule has 0 aliphatic heterocycles. The van der Waals surface area contributed by atoms with Crippen molar-refractivity contribution in [3.05, 3.63) is 76.2 Å². The van der Waals surface area contributed by atoms with Crippen LogP contribution in [0, 0.1) is 18.6 Å². The predicted molar refractivity (Wildman–Crippen MR) is 111 cm³/mol. The Labute approximate surface area is 188 Å². The molecule has 0 saturated carbocycles. The van der Waals surface area contributed by atoms with Crippen LogP contribution in [0.5, 0.6) is 0 Å². The number of aromatic nitrogens is 3. The third kappa shape index (κ3) is 3.85. The molecule has 4 aromatic rings. The maximum atomic E-state index is 14.4. The number of halogens is 2. The van der Waals surface area contributed by atoms with Crippen LogP contribution in [0.25, 0.3) is 28.0 Å². The number of nitrogens with one attached hydrogen (secondary N) is 1. The van der Waals surface area contributed by atoms with Gasteiger partial charge in [0.1, 0.15) is 11.6 Å². The minimum Gasteiger partial charge on any atom is -0.378 e. The van der Waals surface area contributed by atoms with Crippen molar-refractivity contribution < 1.29 is 8.78 Å². The number of aryl methyl sites for hydroxylation is 1. The Morgan fingerprint density at radius 3 is 2.34 bits per heavy atom. The Morgan fingerprint density at radius 1 is 1.03 bits per heavy atom. The van der Waals surface area contributed by atoms with Gasteiger partial charge in [0.25, 0.3) is 5.56 Å². The van der Waals surface area contributed by atoms with Gasteiger partial charge in [-0.15, -0.1) is 0 Å². The van der Waals surface area contributed by atoms with E-state index >= 15 is 0 Å². The average Bonchev–Trinajstić information content (AvgIpc) is 2.98. The van der Waals surface area contributed by atoms with E-state index in [1.807, 2.05) is 43.3 Å². The normalized spacial score (nSPS) is 10.8. The smallest absolute Gasteiger partial charge is 0.273 e. The van der Waals surface area contributed by atoms with Gasteiger partial charge in [0, 0.05) is 83.9 Å². The number of aromatic amines is 1. The molecule has 8 heteroatoms. The van der Waals surface area contributed by atoms with Crippen molar-refractivity contribution >= 4 is 40.9 Å². The van der Waals surface area contributed by atoms with Crippen molar-refractivity contribution in [3.8, 4) is 22.4 Å². The molecule has 0 amide bonds. The molecular formula is C21H18F2N4NaO. The zero-order valence-electron chi connectivity index (χ0n) is 16.6. The van der Waals surface area contributed by atoms with Gasteiger partial charge in [-0.3, -0.25) is 9.89 Å². The summed E-state index contributed by atoms with van der Waals surface area (Å²) in [5, 5.41) is 2.91. The van der Waals surface area contributed by atoms with E-state index in [0.29, 0.717) is 22.6 Å². The molecule has 5 nitrogen and oxygen atoms in total. The maximum Gasteiger partial charge on any atom is 0.273 e. The molecule has 0 aliphatic rings. The fourth-order valence-corrected chi connectivity index (χ4v) is 3.24. The third-order valence-corrected chi connectivity index (χ3v) is 4.68. The van der Waals surface area contributed by atoms with Crippen LogP contribution >= 0.6 is 0 Å². The molecule has 0 bridgehead atoms. The van der Waals surface area contributed by atoms with Crippen LogP contribution in [0.4, 0.5) is 14.5 Å². The van der Waals surface area contributed by atoms with Gasteiger partial charge in [0.15, 0.2) is 5.65 Å². The van der Waals surface area contributed by atoms with Crippen LogP contribution in [0.1, 0.15) is 5.69 Å². The molecule has 0 atom stereocenters. The van der Waals surface area contributed by atoms with E-state index in [1.165, 1.54) is 22.7 Å². The summed E-state index contributed by atoms with van der Waals surface area (Å²) in [5.74, 6) is -1.37. The molecule has 0 spiro atoms. The molecule has 0 fully saturated rings. The Hall–Kier alpha value is -2.48. The summed E-state index contributed by atoms with van der Waals surface area (Å²) < 4.78 is 29.0. The molecule has 2 aromatic carbocycles. The molecule has 2 heterocycles. The molecule has 0 saturated heterocycles. The minimum absolute atomic E-state index is 0. The van der Waals surface area contributed by atoms with E-state index in [-0.39, 0.29) is 40.7 Å². The Morgan fingerprint density at radius 2 is 1.72 bits per heavy atom. The van der Waals surface area contributed by atoms with Crippen LogP contribution in [-0.2, 0) is 0 Å². The number of nitrogens with zero attached hydrogens (tertiary/aromatic N) is 3. The molecule has 0 unspecified atom stereocenters. The summed E-state index contributed by atoms with van der Waals surface area (Å²) >= 11 is 0. The van der Waals surface area contributed by atoms with Crippen molar-refractivity contribution in [2.45, 2.75) is 6.92 Å². The van der Waals surface area contributed by atoms with E-state index in [2.05, 4.69) is 10.1 Å². The zero-order valence-corrected chi connectivity index (χ0v) is 18.6. The number of H-pyrrole nitrogens is 1. The van der Waals surface area contributed by atoms with Crippen LogP contribution in [0.2, 0.25) is 0 Å². The number of rotatable bonds is 3. The van der Waals surface area contributed by atoms with E-state index in [4.69, 9.17) is 0 Å². The number of fused-ring (bicyclic) bond motifs is 1. The van der Waals surface area contributed by atoms with Gasteiger partial charge in [-0.2, -0.15) is 0 Å². The minimum atomic E-state index is -0.709. The van der Waals surface area contributed by atoms with Gasteiger partial charge >= 0.3 is 0 Å². The van der Waals surface area contributed by atoms with Crippen molar-refractivity contribution in [2.24, 2.45) is 0 Å². The van der Waals surface area contributed by atoms with Crippen LogP contribution in [-0.4, -0.2) is 58.3 Å². The van der Waals surface area contributed by atoms with Crippen molar-refractivity contribution in [1.82, 2.24) is 14.6 Å². The molecule has 143 valence electrons. The maximum absolute atomic E-state index is 14.4. The van der Waals surface area contributed by atoms with Crippen molar-refractivity contribution in [1.29, 1.82) is 0 Å². The van der Waals surface area contributed by atoms with E-state index in [9.17, 15) is 13.6 Å². The van der Waals surface area contributed by atoms with Crippen LogP contribution in [0.3, 0.4) is 0 Å². The summed E-state index contributed by atoms with van der Waals surface area (Å²) in [6, 6.07) is 12.4. The average molecular weight is 403 g/mol. The fraction of sp³-hybridized carbons (Fsp3) is 0.143. The molecule has 29 heavy (non-hydrogen) atoms. The van der Waals surface area contributed by atoms with Crippen LogP contribution in [0.15, 0.2) is 53.3 Å². The summed E-state index contributed by atoms with van der Waals surface area (Å²) in [6.45, 7) is 1.72. The predicted octanol–water partition coefficient (Wildman–Crippen LogP) is 3.63. The topological polar surface area (TPSA) is 53.4 Å². The first-order chi connectivity index (χ1) is 13.3. The Balaban J connectivity index is 0.00000240. The molecule has 1 N–H and O–H groups in total. The van der Waals surface area contributed by atoms with Gasteiger partial charge in [0.05, 0.1) is 5.69 Å². The number of hydrogen-bond donors (Lipinski definition) is 1. The van der Waals surface area contributed by atoms with Gasteiger partial charge in [-0.05, 0) is 31.2 Å². The van der Waals surface area contributed by atoms with E-state index < -0.39 is 11.6 Å². The Bertz CT molecular complexity index is 1250. The first-order valence-electron chi connectivity index (χ1n) is 8.70. The second-order valence-electron chi connectivity index (χ2n) is 6.82. The van der Waals surface area contributed by atoms with E-state index in [0.717, 1.165) is 17.3 Å².